The maximum atomic E-state index is 13.7. The zero-order valence-electron chi connectivity index (χ0n) is 10.4. The Morgan fingerprint density at radius 2 is 1.84 bits per heavy atom. The number of halogens is 2. The summed E-state index contributed by atoms with van der Waals surface area (Å²) in [6, 6.07) is 4.51. The lowest BCUT2D eigenvalue weighted by atomic mass is 10.1. The molecule has 102 valence electrons. The van der Waals surface area contributed by atoms with Crippen LogP contribution < -0.4 is 10.5 Å². The molecule has 2 rings (SSSR count). The molecular weight excluding hydrogens is 268 g/mol. The molecule has 2 N–H and O–H groups in total. The molecule has 0 saturated heterocycles. The summed E-state index contributed by atoms with van der Waals surface area (Å²) < 4.78 is 32.6. The van der Waals surface area contributed by atoms with Crippen LogP contribution in [0.3, 0.4) is 0 Å². The van der Waals surface area contributed by atoms with Gasteiger partial charge in [-0.1, -0.05) is 0 Å². The Hall–Kier alpha value is -1.46. The van der Waals surface area contributed by atoms with Gasteiger partial charge in [0, 0.05) is 6.42 Å². The molecule has 0 aliphatic heterocycles. The smallest absolute Gasteiger partial charge is 0.190 e. The van der Waals surface area contributed by atoms with Crippen molar-refractivity contribution in [2.45, 2.75) is 12.8 Å². The molecule has 1 heterocycles. The molecule has 0 spiro atoms. The van der Waals surface area contributed by atoms with Gasteiger partial charge < -0.3 is 10.5 Å². The van der Waals surface area contributed by atoms with Crippen molar-refractivity contribution in [3.63, 3.8) is 0 Å². The fourth-order valence-electron chi connectivity index (χ4n) is 1.77. The van der Waals surface area contributed by atoms with Crippen molar-refractivity contribution in [1.82, 2.24) is 0 Å². The fraction of sp³-hybridized carbons (Fsp3) is 0.286. The third-order valence-corrected chi connectivity index (χ3v) is 3.44. The van der Waals surface area contributed by atoms with Gasteiger partial charge >= 0.3 is 0 Å². The summed E-state index contributed by atoms with van der Waals surface area (Å²) >= 11 is 1.58. The third kappa shape index (κ3) is 3.75. The SMILES string of the molecule is NCCc1cc(F)c(OCCc2ccsc2)c(F)c1. The molecule has 0 radical (unpaired) electrons. The number of rotatable bonds is 6. The molecule has 0 amide bonds. The molecule has 0 fully saturated rings. The van der Waals surface area contributed by atoms with Crippen LogP contribution in [0, 0.1) is 11.6 Å². The Morgan fingerprint density at radius 3 is 2.42 bits per heavy atom. The molecule has 2 nitrogen and oxygen atoms in total. The van der Waals surface area contributed by atoms with E-state index in [2.05, 4.69) is 0 Å². The Kier molecular flexibility index (Phi) is 4.87. The first-order valence-corrected chi connectivity index (χ1v) is 6.97. The largest absolute Gasteiger partial charge is 0.487 e. The highest BCUT2D eigenvalue weighted by molar-refractivity contribution is 7.07. The second kappa shape index (κ2) is 6.63. The van der Waals surface area contributed by atoms with Gasteiger partial charge in [0.2, 0.25) is 0 Å². The van der Waals surface area contributed by atoms with Crippen molar-refractivity contribution in [3.8, 4) is 5.75 Å². The zero-order valence-corrected chi connectivity index (χ0v) is 11.2. The average Bonchev–Trinajstić information content (AvgIpc) is 2.86. The van der Waals surface area contributed by atoms with Crippen LogP contribution in [0.15, 0.2) is 29.0 Å². The Balaban J connectivity index is 1.99. The molecule has 0 saturated carbocycles. The lowest BCUT2D eigenvalue weighted by molar-refractivity contribution is 0.288. The predicted octanol–water partition coefficient (Wildman–Crippen LogP) is 3.15. The maximum Gasteiger partial charge on any atom is 0.190 e. The molecule has 0 aliphatic rings. The minimum absolute atomic E-state index is 0.251. The number of benzene rings is 1. The molecular formula is C14H15F2NOS. The summed E-state index contributed by atoms with van der Waals surface area (Å²) in [6.45, 7) is 0.609. The van der Waals surface area contributed by atoms with Crippen molar-refractivity contribution in [1.29, 1.82) is 0 Å². The first-order valence-electron chi connectivity index (χ1n) is 6.02. The zero-order chi connectivity index (χ0) is 13.7. The summed E-state index contributed by atoms with van der Waals surface area (Å²) in [5, 5.41) is 3.94. The summed E-state index contributed by atoms with van der Waals surface area (Å²) in [7, 11) is 0. The lowest BCUT2D eigenvalue weighted by Crippen LogP contribution is -2.07. The van der Waals surface area contributed by atoms with Gasteiger partial charge in [0.15, 0.2) is 17.4 Å². The lowest BCUT2D eigenvalue weighted by Gasteiger charge is -2.09. The summed E-state index contributed by atoms with van der Waals surface area (Å²) in [6.07, 6.45) is 1.08. The van der Waals surface area contributed by atoms with E-state index in [0.717, 1.165) is 5.56 Å². The maximum absolute atomic E-state index is 13.7. The van der Waals surface area contributed by atoms with E-state index in [9.17, 15) is 8.78 Å². The molecule has 0 bridgehead atoms. The Labute approximate surface area is 114 Å². The van der Waals surface area contributed by atoms with Crippen molar-refractivity contribution in [3.05, 3.63) is 51.7 Å². The number of hydrogen-bond donors (Lipinski definition) is 1. The van der Waals surface area contributed by atoms with Crippen LogP contribution in [0.4, 0.5) is 8.78 Å². The van der Waals surface area contributed by atoms with E-state index in [0.29, 0.717) is 24.9 Å². The number of thiophene rings is 1. The number of nitrogens with two attached hydrogens (primary N) is 1. The van der Waals surface area contributed by atoms with E-state index in [1.165, 1.54) is 12.1 Å². The molecule has 2 aromatic rings. The number of ether oxygens (including phenoxy) is 1. The molecule has 19 heavy (non-hydrogen) atoms. The van der Waals surface area contributed by atoms with Gasteiger partial charge in [0.05, 0.1) is 6.61 Å². The minimum atomic E-state index is -0.672. The standard InChI is InChI=1S/C14H15F2NOS/c15-12-7-11(1-4-17)8-13(16)14(12)18-5-2-10-3-6-19-9-10/h3,6-9H,1-2,4-5,17H2. The van der Waals surface area contributed by atoms with E-state index in [1.54, 1.807) is 11.3 Å². The second-order valence-electron chi connectivity index (χ2n) is 4.16. The van der Waals surface area contributed by atoms with Gasteiger partial charge in [-0.05, 0) is 53.1 Å². The van der Waals surface area contributed by atoms with Crippen molar-refractivity contribution in [2.75, 3.05) is 13.2 Å². The molecule has 0 unspecified atom stereocenters. The highest BCUT2D eigenvalue weighted by Crippen LogP contribution is 2.23. The first kappa shape index (κ1) is 14.0. The number of hydrogen-bond acceptors (Lipinski definition) is 3. The second-order valence-corrected chi connectivity index (χ2v) is 4.94. The summed E-state index contributed by atoms with van der Waals surface area (Å²) in [5.74, 6) is -1.65. The predicted molar refractivity (Wildman–Crippen MR) is 72.6 cm³/mol. The highest BCUT2D eigenvalue weighted by atomic mass is 32.1. The van der Waals surface area contributed by atoms with E-state index >= 15 is 0 Å². The van der Waals surface area contributed by atoms with Gasteiger partial charge in [-0.15, -0.1) is 0 Å². The van der Waals surface area contributed by atoms with E-state index in [1.807, 2.05) is 16.8 Å². The van der Waals surface area contributed by atoms with Gasteiger partial charge in [-0.3, -0.25) is 0 Å². The Morgan fingerprint density at radius 1 is 1.11 bits per heavy atom. The molecule has 1 aromatic carbocycles. The van der Waals surface area contributed by atoms with Crippen LogP contribution in [-0.2, 0) is 12.8 Å². The van der Waals surface area contributed by atoms with Crippen LogP contribution in [-0.4, -0.2) is 13.2 Å². The van der Waals surface area contributed by atoms with Crippen LogP contribution in [0.25, 0.3) is 0 Å². The summed E-state index contributed by atoms with van der Waals surface area (Å²) in [5.41, 5.74) is 7.00. The van der Waals surface area contributed by atoms with Crippen LogP contribution in [0.5, 0.6) is 5.75 Å². The summed E-state index contributed by atoms with van der Waals surface area (Å²) in [4.78, 5) is 0. The van der Waals surface area contributed by atoms with Gasteiger partial charge in [-0.2, -0.15) is 11.3 Å². The van der Waals surface area contributed by atoms with Gasteiger partial charge in [-0.25, -0.2) is 8.78 Å². The molecule has 0 atom stereocenters. The topological polar surface area (TPSA) is 35.2 Å². The van der Waals surface area contributed by atoms with Crippen molar-refractivity contribution in [2.24, 2.45) is 5.73 Å². The van der Waals surface area contributed by atoms with Crippen LogP contribution in [0.2, 0.25) is 0 Å². The Bertz CT molecular complexity index is 505. The van der Waals surface area contributed by atoms with Crippen LogP contribution in [0.1, 0.15) is 11.1 Å². The minimum Gasteiger partial charge on any atom is -0.487 e. The first-order chi connectivity index (χ1) is 9.20. The third-order valence-electron chi connectivity index (χ3n) is 2.71. The molecule has 1 aromatic heterocycles. The van der Waals surface area contributed by atoms with Crippen LogP contribution >= 0.6 is 11.3 Å². The van der Waals surface area contributed by atoms with E-state index < -0.39 is 11.6 Å². The highest BCUT2D eigenvalue weighted by Gasteiger charge is 2.12. The molecule has 0 aliphatic carbocycles. The average molecular weight is 283 g/mol. The van der Waals surface area contributed by atoms with Crippen molar-refractivity contribution < 1.29 is 13.5 Å². The fourth-order valence-corrected chi connectivity index (χ4v) is 2.47. The quantitative estimate of drug-likeness (QED) is 0.884. The normalized spacial score (nSPS) is 10.7. The monoisotopic (exact) mass is 283 g/mol. The van der Waals surface area contributed by atoms with Gasteiger partial charge in [0.25, 0.3) is 0 Å². The van der Waals surface area contributed by atoms with E-state index in [4.69, 9.17) is 10.5 Å². The van der Waals surface area contributed by atoms with E-state index in [-0.39, 0.29) is 12.4 Å². The molecule has 5 heteroatoms. The van der Waals surface area contributed by atoms with Crippen molar-refractivity contribution >= 4 is 11.3 Å². The van der Waals surface area contributed by atoms with Gasteiger partial charge in [0.1, 0.15) is 0 Å².